The molecule has 2 heterocycles. The number of hydrogen-bond acceptors (Lipinski definition) is 7. The fourth-order valence-electron chi connectivity index (χ4n) is 3.84. The fourth-order valence-corrected chi connectivity index (χ4v) is 5.93. The Morgan fingerprint density at radius 1 is 0.974 bits per heavy atom. The summed E-state index contributed by atoms with van der Waals surface area (Å²) in [6.07, 6.45) is 0. The van der Waals surface area contributed by atoms with Crippen molar-refractivity contribution in [2.45, 2.75) is 17.2 Å². The van der Waals surface area contributed by atoms with Crippen molar-refractivity contribution >= 4 is 38.9 Å². The molecule has 4 rings (SSSR count). The average Bonchev–Trinajstić information content (AvgIpc) is 3.46. The molecule has 0 aliphatic carbocycles. The summed E-state index contributed by atoms with van der Waals surface area (Å²) in [7, 11) is -4.41. The number of carbonyl (C=O) groups excluding carboxylic acids is 3. The Morgan fingerprint density at radius 2 is 1.61 bits per heavy atom. The third-order valence-corrected chi connectivity index (χ3v) is 8.75. The SMILES string of the molecule is Cc1ccc(OCC(=O)N2CCN(C(=O)[C@H](NC(=O)c3cccs3)S(=O)(=O)c3ccc(F)cc3)CC2)cc1. The molecule has 0 bridgehead atoms. The van der Waals surface area contributed by atoms with Gasteiger partial charge in [0.15, 0.2) is 6.61 Å². The van der Waals surface area contributed by atoms with E-state index >= 15 is 0 Å². The Hall–Kier alpha value is -3.77. The van der Waals surface area contributed by atoms with Gasteiger partial charge >= 0.3 is 0 Å². The number of halogens is 1. The molecule has 0 unspecified atom stereocenters. The van der Waals surface area contributed by atoms with Crippen LogP contribution >= 0.6 is 11.3 Å². The Bertz CT molecular complexity index is 1390. The molecule has 2 aromatic carbocycles. The predicted octanol–water partition coefficient (Wildman–Crippen LogP) is 2.48. The maximum absolute atomic E-state index is 13.4. The van der Waals surface area contributed by atoms with Crippen molar-refractivity contribution in [3.8, 4) is 5.75 Å². The van der Waals surface area contributed by atoms with E-state index in [1.807, 2.05) is 19.1 Å². The molecule has 1 atom stereocenters. The highest BCUT2D eigenvalue weighted by molar-refractivity contribution is 7.92. The van der Waals surface area contributed by atoms with Crippen LogP contribution in [0.25, 0.3) is 0 Å². The molecule has 0 radical (unpaired) electrons. The lowest BCUT2D eigenvalue weighted by atomic mass is 10.2. The number of sulfone groups is 1. The van der Waals surface area contributed by atoms with E-state index in [4.69, 9.17) is 4.74 Å². The normalized spacial score (nSPS) is 14.6. The molecule has 1 saturated heterocycles. The summed E-state index contributed by atoms with van der Waals surface area (Å²) in [6, 6.07) is 14.5. The van der Waals surface area contributed by atoms with Gasteiger partial charge in [0.05, 0.1) is 9.77 Å². The van der Waals surface area contributed by atoms with Gasteiger partial charge in [0.25, 0.3) is 17.7 Å². The van der Waals surface area contributed by atoms with Crippen LogP contribution in [0.1, 0.15) is 15.2 Å². The van der Waals surface area contributed by atoms with Crippen LogP contribution in [0.3, 0.4) is 0 Å². The molecular weight excluding hydrogens is 533 g/mol. The van der Waals surface area contributed by atoms with Crippen LogP contribution in [-0.4, -0.2) is 74.1 Å². The van der Waals surface area contributed by atoms with Gasteiger partial charge < -0.3 is 19.9 Å². The van der Waals surface area contributed by atoms with Gasteiger partial charge in [0.1, 0.15) is 11.6 Å². The molecule has 0 saturated carbocycles. The highest BCUT2D eigenvalue weighted by Gasteiger charge is 2.39. The number of carbonyl (C=O) groups is 3. The molecule has 38 heavy (non-hydrogen) atoms. The molecule has 1 aliphatic heterocycles. The van der Waals surface area contributed by atoms with Crippen LogP contribution in [0, 0.1) is 12.7 Å². The Morgan fingerprint density at radius 3 is 2.21 bits per heavy atom. The molecule has 1 fully saturated rings. The van der Waals surface area contributed by atoms with Crippen molar-refractivity contribution in [3.63, 3.8) is 0 Å². The number of aryl methyl sites for hydroxylation is 1. The van der Waals surface area contributed by atoms with Crippen LogP contribution in [0.2, 0.25) is 0 Å². The van der Waals surface area contributed by atoms with Crippen molar-refractivity contribution < 1.29 is 31.9 Å². The van der Waals surface area contributed by atoms with Gasteiger partial charge in [-0.3, -0.25) is 14.4 Å². The van der Waals surface area contributed by atoms with E-state index in [-0.39, 0.29) is 48.5 Å². The van der Waals surface area contributed by atoms with Gasteiger partial charge in [-0.25, -0.2) is 12.8 Å². The van der Waals surface area contributed by atoms with Gasteiger partial charge in [-0.1, -0.05) is 23.8 Å². The van der Waals surface area contributed by atoms with Gasteiger partial charge in [0.2, 0.25) is 15.2 Å². The molecular formula is C26H26FN3O6S2. The molecule has 3 amide bonds. The standard InChI is InChI=1S/C26H26FN3O6S2/c1-18-4-8-20(9-5-18)36-17-23(31)29-12-14-30(15-13-29)26(33)25(28-24(32)22-3-2-16-37-22)38(34,35)21-10-6-19(27)7-11-21/h2-11,16,25H,12-15,17H2,1H3,(H,28,32)/t25-/m1/s1. The average molecular weight is 560 g/mol. The van der Waals surface area contributed by atoms with Gasteiger partial charge in [-0.2, -0.15) is 0 Å². The molecule has 0 spiro atoms. The van der Waals surface area contributed by atoms with E-state index in [0.29, 0.717) is 5.75 Å². The minimum absolute atomic E-state index is 0.0689. The number of benzene rings is 2. The second-order valence-electron chi connectivity index (χ2n) is 8.64. The first-order valence-corrected chi connectivity index (χ1v) is 14.2. The quantitative estimate of drug-likeness (QED) is 0.425. The second kappa shape index (κ2) is 11.7. The monoisotopic (exact) mass is 559 g/mol. The zero-order valence-corrected chi connectivity index (χ0v) is 22.1. The zero-order chi connectivity index (χ0) is 27.3. The summed E-state index contributed by atoms with van der Waals surface area (Å²) in [6.45, 7) is 2.25. The summed E-state index contributed by atoms with van der Waals surface area (Å²) in [5.74, 6) is -1.89. The highest BCUT2D eigenvalue weighted by Crippen LogP contribution is 2.20. The van der Waals surface area contributed by atoms with E-state index in [0.717, 1.165) is 41.2 Å². The second-order valence-corrected chi connectivity index (χ2v) is 11.6. The summed E-state index contributed by atoms with van der Waals surface area (Å²) in [4.78, 5) is 41.5. The predicted molar refractivity (Wildman–Crippen MR) is 139 cm³/mol. The van der Waals surface area contributed by atoms with Crippen LogP contribution in [0.5, 0.6) is 5.75 Å². The smallest absolute Gasteiger partial charge is 0.262 e. The molecule has 1 aromatic heterocycles. The first-order chi connectivity index (χ1) is 18.1. The Kier molecular flexibility index (Phi) is 8.42. The number of ether oxygens (including phenoxy) is 1. The Labute approximate surface area is 223 Å². The van der Waals surface area contributed by atoms with Gasteiger partial charge in [-0.05, 0) is 54.8 Å². The first kappa shape index (κ1) is 27.3. The van der Waals surface area contributed by atoms with E-state index in [1.54, 1.807) is 23.6 Å². The van der Waals surface area contributed by atoms with Crippen molar-refractivity contribution in [1.82, 2.24) is 15.1 Å². The maximum atomic E-state index is 13.4. The zero-order valence-electron chi connectivity index (χ0n) is 20.5. The first-order valence-electron chi connectivity index (χ1n) is 11.7. The third kappa shape index (κ3) is 6.37. The van der Waals surface area contributed by atoms with Crippen LogP contribution < -0.4 is 10.1 Å². The maximum Gasteiger partial charge on any atom is 0.262 e. The van der Waals surface area contributed by atoms with Crippen LogP contribution in [-0.2, 0) is 19.4 Å². The summed E-state index contributed by atoms with van der Waals surface area (Å²) in [5, 5.41) is 2.07. The number of rotatable bonds is 8. The van der Waals surface area contributed by atoms with Crippen molar-refractivity contribution in [3.05, 3.63) is 82.3 Å². The van der Waals surface area contributed by atoms with E-state index in [1.165, 1.54) is 15.9 Å². The summed E-state index contributed by atoms with van der Waals surface area (Å²) >= 11 is 1.10. The lowest BCUT2D eigenvalue weighted by molar-refractivity contribution is -0.140. The summed E-state index contributed by atoms with van der Waals surface area (Å²) < 4.78 is 45.7. The minimum Gasteiger partial charge on any atom is -0.484 e. The molecule has 200 valence electrons. The molecule has 1 aliphatic rings. The molecule has 9 nitrogen and oxygen atoms in total. The van der Waals surface area contributed by atoms with Crippen molar-refractivity contribution in [2.24, 2.45) is 0 Å². The summed E-state index contributed by atoms with van der Waals surface area (Å²) in [5.41, 5.74) is 1.07. The van der Waals surface area contributed by atoms with Crippen LogP contribution in [0.15, 0.2) is 70.9 Å². The third-order valence-electron chi connectivity index (χ3n) is 6.01. The van der Waals surface area contributed by atoms with Crippen molar-refractivity contribution in [2.75, 3.05) is 32.8 Å². The number of nitrogens with one attached hydrogen (secondary N) is 1. The minimum atomic E-state index is -4.41. The highest BCUT2D eigenvalue weighted by atomic mass is 32.2. The lowest BCUT2D eigenvalue weighted by Gasteiger charge is -2.36. The molecule has 1 N–H and O–H groups in total. The topological polar surface area (TPSA) is 113 Å². The number of thiophene rings is 1. The molecule has 3 aromatic rings. The number of hydrogen-bond donors (Lipinski definition) is 1. The Balaban J connectivity index is 1.44. The molecule has 12 heteroatoms. The van der Waals surface area contributed by atoms with Gasteiger partial charge in [0, 0.05) is 26.2 Å². The van der Waals surface area contributed by atoms with Crippen molar-refractivity contribution in [1.29, 1.82) is 0 Å². The number of nitrogens with zero attached hydrogens (tertiary/aromatic N) is 2. The number of piperazine rings is 1. The van der Waals surface area contributed by atoms with E-state index in [9.17, 15) is 27.2 Å². The fraction of sp³-hybridized carbons (Fsp3) is 0.269. The van der Waals surface area contributed by atoms with Crippen LogP contribution in [0.4, 0.5) is 4.39 Å². The van der Waals surface area contributed by atoms with E-state index in [2.05, 4.69) is 5.32 Å². The van der Waals surface area contributed by atoms with Gasteiger partial charge in [-0.15, -0.1) is 11.3 Å². The van der Waals surface area contributed by atoms with E-state index < -0.39 is 32.8 Å². The number of amides is 3. The lowest BCUT2D eigenvalue weighted by Crippen LogP contribution is -2.58. The largest absolute Gasteiger partial charge is 0.484 e.